The molecule has 0 amide bonds. The Hall–Kier alpha value is -0.420. The molecule has 1 rings (SSSR count). The van der Waals surface area contributed by atoms with E-state index in [0.717, 1.165) is 5.82 Å². The zero-order valence-corrected chi connectivity index (χ0v) is 10.8. The molecule has 0 aliphatic rings. The van der Waals surface area contributed by atoms with E-state index in [0.29, 0.717) is 23.3 Å². The summed E-state index contributed by atoms with van der Waals surface area (Å²) in [4.78, 5) is 0. The first-order chi connectivity index (χ1) is 7.06. The second-order valence-electron chi connectivity index (χ2n) is 3.57. The second kappa shape index (κ2) is 5.61. The molecule has 0 fully saturated rings. The summed E-state index contributed by atoms with van der Waals surface area (Å²) in [6.45, 7) is 6.61. The Morgan fingerprint density at radius 3 is 2.67 bits per heavy atom. The topological polar surface area (TPSA) is 47.8 Å². The molecule has 4 nitrogen and oxygen atoms in total. The Balaban J connectivity index is 2.74. The van der Waals surface area contributed by atoms with Crippen molar-refractivity contribution < 1.29 is 4.21 Å². The van der Waals surface area contributed by atoms with Crippen LogP contribution < -0.4 is 0 Å². The summed E-state index contributed by atoms with van der Waals surface area (Å²) in [5, 5.41) is 8.20. The van der Waals surface area contributed by atoms with Gasteiger partial charge >= 0.3 is 0 Å². The molecule has 0 bridgehead atoms. The third kappa shape index (κ3) is 3.28. The smallest absolute Gasteiger partial charge is 0.225 e. The van der Waals surface area contributed by atoms with Crippen LogP contribution in [0.1, 0.15) is 32.5 Å². The predicted molar refractivity (Wildman–Crippen MR) is 62.7 cm³/mol. The van der Waals surface area contributed by atoms with E-state index < -0.39 is 10.8 Å². The summed E-state index contributed by atoms with van der Waals surface area (Å²) in [6.07, 6.45) is 0. The highest BCUT2D eigenvalue weighted by Crippen LogP contribution is 2.16. The van der Waals surface area contributed by atoms with Gasteiger partial charge in [0.25, 0.3) is 0 Å². The third-order valence-electron chi connectivity index (χ3n) is 2.12. The molecule has 0 spiro atoms. The first-order valence-corrected chi connectivity index (χ1v) is 6.86. The van der Waals surface area contributed by atoms with Crippen molar-refractivity contribution >= 4 is 22.4 Å². The van der Waals surface area contributed by atoms with Gasteiger partial charge in [0.05, 0.1) is 0 Å². The van der Waals surface area contributed by atoms with Crippen molar-refractivity contribution in [3.05, 3.63) is 11.1 Å². The lowest BCUT2D eigenvalue weighted by Crippen LogP contribution is -2.12. The lowest BCUT2D eigenvalue weighted by atomic mass is 10.2. The summed E-state index contributed by atoms with van der Waals surface area (Å²) in [5.41, 5.74) is 0. The molecule has 1 aromatic rings. The second-order valence-corrected chi connectivity index (χ2v) is 5.77. The van der Waals surface area contributed by atoms with Gasteiger partial charge in [0, 0.05) is 34.8 Å². The largest absolute Gasteiger partial charge is 0.301 e. The van der Waals surface area contributed by atoms with Crippen LogP contribution >= 0.6 is 11.6 Å². The van der Waals surface area contributed by atoms with Crippen LogP contribution in [0.3, 0.4) is 0 Å². The fourth-order valence-corrected chi connectivity index (χ4v) is 2.15. The molecule has 0 aliphatic heterocycles. The average Bonchev–Trinajstić information content (AvgIpc) is 2.56. The minimum absolute atomic E-state index is 0.278. The first-order valence-electron chi connectivity index (χ1n) is 4.99. The number of aromatic nitrogens is 3. The summed E-state index contributed by atoms with van der Waals surface area (Å²) >= 11 is 5.91. The Morgan fingerprint density at radius 2 is 2.13 bits per heavy atom. The molecular formula is C9H16ClN3OS. The average molecular weight is 250 g/mol. The van der Waals surface area contributed by atoms with Crippen LogP contribution in [0.5, 0.6) is 0 Å². The highest BCUT2D eigenvalue weighted by atomic mass is 35.5. The van der Waals surface area contributed by atoms with E-state index in [1.807, 2.05) is 25.3 Å². The van der Waals surface area contributed by atoms with Gasteiger partial charge in [-0.05, 0) is 11.6 Å². The number of hydrogen-bond donors (Lipinski definition) is 0. The third-order valence-corrected chi connectivity index (χ3v) is 3.68. The van der Waals surface area contributed by atoms with Gasteiger partial charge in [-0.2, -0.15) is 0 Å². The maximum atomic E-state index is 11.3. The maximum Gasteiger partial charge on any atom is 0.225 e. The molecule has 0 saturated carbocycles. The van der Waals surface area contributed by atoms with E-state index in [9.17, 15) is 4.21 Å². The number of hydrogen-bond acceptors (Lipinski definition) is 3. The van der Waals surface area contributed by atoms with Crippen molar-refractivity contribution in [1.29, 1.82) is 0 Å². The Morgan fingerprint density at radius 1 is 1.47 bits per heavy atom. The SMILES string of the molecule is CCS(=O)CCn1c(Cl)nnc1C(C)C. The maximum absolute atomic E-state index is 11.3. The Bertz CT molecular complexity index is 351. The minimum Gasteiger partial charge on any atom is -0.301 e. The molecule has 0 radical (unpaired) electrons. The van der Waals surface area contributed by atoms with E-state index in [2.05, 4.69) is 10.2 Å². The monoisotopic (exact) mass is 249 g/mol. The lowest BCUT2D eigenvalue weighted by Gasteiger charge is -2.09. The summed E-state index contributed by atoms with van der Waals surface area (Å²) in [6, 6.07) is 0. The van der Waals surface area contributed by atoms with E-state index in [1.54, 1.807) is 0 Å². The van der Waals surface area contributed by atoms with Crippen LogP contribution in [0.15, 0.2) is 0 Å². The molecule has 1 atom stereocenters. The van der Waals surface area contributed by atoms with Crippen LogP contribution in [0.2, 0.25) is 5.28 Å². The van der Waals surface area contributed by atoms with Crippen molar-refractivity contribution in [1.82, 2.24) is 14.8 Å². The van der Waals surface area contributed by atoms with Crippen LogP contribution in [0.25, 0.3) is 0 Å². The quantitative estimate of drug-likeness (QED) is 0.800. The summed E-state index contributed by atoms with van der Waals surface area (Å²) < 4.78 is 13.1. The standard InChI is InChI=1S/C9H16ClN3OS/c1-4-15(14)6-5-13-8(7(2)3)11-12-9(13)10/h7H,4-6H2,1-3H3. The van der Waals surface area contributed by atoms with Crippen molar-refractivity contribution in [2.75, 3.05) is 11.5 Å². The molecule has 1 unspecified atom stereocenters. The van der Waals surface area contributed by atoms with E-state index in [4.69, 9.17) is 11.6 Å². The van der Waals surface area contributed by atoms with Gasteiger partial charge in [-0.15, -0.1) is 10.2 Å². The number of rotatable bonds is 5. The molecule has 0 N–H and O–H groups in total. The van der Waals surface area contributed by atoms with Gasteiger partial charge in [0.2, 0.25) is 5.28 Å². The molecule has 1 heterocycles. The van der Waals surface area contributed by atoms with E-state index in [-0.39, 0.29) is 5.92 Å². The molecule has 1 aromatic heterocycles. The normalized spacial score (nSPS) is 13.4. The van der Waals surface area contributed by atoms with E-state index >= 15 is 0 Å². The van der Waals surface area contributed by atoms with Gasteiger partial charge in [-0.25, -0.2) is 0 Å². The van der Waals surface area contributed by atoms with Crippen molar-refractivity contribution in [2.24, 2.45) is 0 Å². The predicted octanol–water partition coefficient (Wildman–Crippen LogP) is 1.82. The summed E-state index contributed by atoms with van der Waals surface area (Å²) in [7, 11) is -0.776. The lowest BCUT2D eigenvalue weighted by molar-refractivity contribution is 0.643. The van der Waals surface area contributed by atoms with Crippen molar-refractivity contribution in [2.45, 2.75) is 33.2 Å². The highest BCUT2D eigenvalue weighted by molar-refractivity contribution is 7.84. The molecule has 15 heavy (non-hydrogen) atoms. The van der Waals surface area contributed by atoms with Crippen LogP contribution in [0.4, 0.5) is 0 Å². The highest BCUT2D eigenvalue weighted by Gasteiger charge is 2.13. The molecule has 0 aliphatic carbocycles. The fraction of sp³-hybridized carbons (Fsp3) is 0.778. The van der Waals surface area contributed by atoms with Gasteiger partial charge in [0.15, 0.2) is 0 Å². The van der Waals surface area contributed by atoms with Crippen molar-refractivity contribution in [3.63, 3.8) is 0 Å². The van der Waals surface area contributed by atoms with Gasteiger partial charge in [-0.3, -0.25) is 4.21 Å². The van der Waals surface area contributed by atoms with E-state index in [1.165, 1.54) is 0 Å². The minimum atomic E-state index is -0.776. The molecule has 86 valence electrons. The van der Waals surface area contributed by atoms with Crippen LogP contribution in [0, 0.1) is 0 Å². The fourth-order valence-electron chi connectivity index (χ4n) is 1.27. The van der Waals surface area contributed by atoms with Gasteiger partial charge in [-0.1, -0.05) is 20.8 Å². The molecule has 0 aromatic carbocycles. The molecular weight excluding hydrogens is 234 g/mol. The molecule has 0 saturated heterocycles. The Labute approximate surface area is 97.5 Å². The van der Waals surface area contributed by atoms with Crippen LogP contribution in [-0.2, 0) is 17.3 Å². The number of halogens is 1. The molecule has 6 heteroatoms. The zero-order chi connectivity index (χ0) is 11.4. The van der Waals surface area contributed by atoms with Crippen LogP contribution in [-0.4, -0.2) is 30.5 Å². The Kier molecular flexibility index (Phi) is 4.73. The number of nitrogens with zero attached hydrogens (tertiary/aromatic N) is 3. The zero-order valence-electron chi connectivity index (χ0n) is 9.23. The van der Waals surface area contributed by atoms with Gasteiger partial charge < -0.3 is 4.57 Å². The summed E-state index contributed by atoms with van der Waals surface area (Å²) in [5.74, 6) is 2.42. The van der Waals surface area contributed by atoms with Crippen molar-refractivity contribution in [3.8, 4) is 0 Å². The first kappa shape index (κ1) is 12.6. The van der Waals surface area contributed by atoms with Gasteiger partial charge in [0.1, 0.15) is 5.82 Å².